The first-order valence-corrected chi connectivity index (χ1v) is 10.8. The smallest absolute Gasteiger partial charge is 0.269 e. The van der Waals surface area contributed by atoms with Gasteiger partial charge in [-0.15, -0.1) is 0 Å². The van der Waals surface area contributed by atoms with Crippen LogP contribution in [-0.2, 0) is 16.0 Å². The zero-order valence-electron chi connectivity index (χ0n) is 17.4. The number of non-ortho nitro benzene ring substituents is 1. The number of piperazine rings is 1. The molecule has 0 unspecified atom stereocenters. The van der Waals surface area contributed by atoms with Crippen LogP contribution in [0.4, 0.5) is 17.1 Å². The molecule has 0 saturated carbocycles. The molecule has 8 heteroatoms. The molecule has 0 spiro atoms. The van der Waals surface area contributed by atoms with Gasteiger partial charge in [-0.25, -0.2) is 0 Å². The third-order valence-corrected chi connectivity index (χ3v) is 6.67. The van der Waals surface area contributed by atoms with E-state index in [9.17, 15) is 14.9 Å². The number of benzene rings is 2. The fourth-order valence-electron chi connectivity index (χ4n) is 5.10. The highest BCUT2D eigenvalue weighted by atomic mass is 16.6. The maximum absolute atomic E-state index is 13.6. The molecule has 2 fully saturated rings. The van der Waals surface area contributed by atoms with E-state index in [1.54, 1.807) is 12.1 Å². The second-order valence-electron chi connectivity index (χ2n) is 8.36. The summed E-state index contributed by atoms with van der Waals surface area (Å²) in [5.74, 6) is -0.107. The maximum atomic E-state index is 13.6. The van der Waals surface area contributed by atoms with E-state index >= 15 is 0 Å². The number of morpholine rings is 1. The van der Waals surface area contributed by atoms with Gasteiger partial charge in [0, 0.05) is 56.2 Å². The van der Waals surface area contributed by atoms with Crippen molar-refractivity contribution in [2.75, 3.05) is 55.7 Å². The number of nitrogens with zero attached hydrogens (tertiary/aromatic N) is 4. The average molecular weight is 422 g/mol. The number of fused-ring (bicyclic) bond motifs is 3. The lowest BCUT2D eigenvalue weighted by molar-refractivity contribution is -0.384. The van der Waals surface area contributed by atoms with Crippen LogP contribution in [0.25, 0.3) is 0 Å². The van der Waals surface area contributed by atoms with Crippen LogP contribution in [0.1, 0.15) is 5.56 Å². The molecule has 162 valence electrons. The molecule has 2 aromatic rings. The molecule has 31 heavy (non-hydrogen) atoms. The number of para-hydroxylation sites is 1. The monoisotopic (exact) mass is 422 g/mol. The third-order valence-electron chi connectivity index (χ3n) is 6.67. The molecule has 0 N–H and O–H groups in total. The van der Waals surface area contributed by atoms with Crippen molar-refractivity contribution in [3.63, 3.8) is 0 Å². The number of nitro benzene ring substituents is 1. The molecule has 1 amide bonds. The summed E-state index contributed by atoms with van der Waals surface area (Å²) in [6.45, 7) is 4.70. The zero-order chi connectivity index (χ0) is 21.4. The predicted octanol–water partition coefficient (Wildman–Crippen LogP) is 2.32. The Hall–Kier alpha value is -3.13. The van der Waals surface area contributed by atoms with Crippen molar-refractivity contribution in [1.29, 1.82) is 0 Å². The Balaban J connectivity index is 1.49. The maximum Gasteiger partial charge on any atom is 0.269 e. The molecule has 2 saturated heterocycles. The minimum atomic E-state index is -0.363. The predicted molar refractivity (Wildman–Crippen MR) is 117 cm³/mol. The highest BCUT2D eigenvalue weighted by molar-refractivity contribution is 5.83. The number of amides is 1. The van der Waals surface area contributed by atoms with E-state index in [0.717, 1.165) is 36.6 Å². The van der Waals surface area contributed by atoms with E-state index in [-0.39, 0.29) is 28.5 Å². The van der Waals surface area contributed by atoms with E-state index in [4.69, 9.17) is 4.74 Å². The Labute approximate surface area is 181 Å². The quantitative estimate of drug-likeness (QED) is 0.558. The largest absolute Gasteiger partial charge is 0.378 e. The summed E-state index contributed by atoms with van der Waals surface area (Å²) < 4.78 is 5.43. The van der Waals surface area contributed by atoms with Crippen LogP contribution in [0, 0.1) is 16.0 Å². The number of nitro groups is 1. The molecular weight excluding hydrogens is 396 g/mol. The van der Waals surface area contributed by atoms with Gasteiger partial charge in [-0.2, -0.15) is 0 Å². The summed E-state index contributed by atoms with van der Waals surface area (Å²) in [4.78, 5) is 31.1. The topological polar surface area (TPSA) is 79.2 Å². The average Bonchev–Trinajstić information content (AvgIpc) is 2.83. The molecular formula is C23H26N4O4. The molecule has 0 radical (unpaired) electrons. The summed E-state index contributed by atoms with van der Waals surface area (Å²) in [7, 11) is 0. The summed E-state index contributed by atoms with van der Waals surface area (Å²) >= 11 is 0. The Bertz CT molecular complexity index is 977. The van der Waals surface area contributed by atoms with Crippen molar-refractivity contribution in [1.82, 2.24) is 4.90 Å². The van der Waals surface area contributed by atoms with Gasteiger partial charge in [0.1, 0.15) is 0 Å². The fraction of sp³-hybridized carbons (Fsp3) is 0.435. The molecule has 3 aliphatic rings. The second kappa shape index (κ2) is 8.19. The van der Waals surface area contributed by atoms with E-state index in [0.29, 0.717) is 32.7 Å². The molecule has 2 atom stereocenters. The van der Waals surface area contributed by atoms with Gasteiger partial charge in [0.2, 0.25) is 5.91 Å². The molecule has 0 aliphatic carbocycles. The highest BCUT2D eigenvalue weighted by Crippen LogP contribution is 2.39. The second-order valence-corrected chi connectivity index (χ2v) is 8.36. The van der Waals surface area contributed by atoms with Crippen molar-refractivity contribution in [2.24, 2.45) is 5.92 Å². The number of ether oxygens (including phenoxy) is 1. The van der Waals surface area contributed by atoms with Gasteiger partial charge in [0.05, 0.1) is 30.1 Å². The van der Waals surface area contributed by atoms with Crippen LogP contribution in [0.5, 0.6) is 0 Å². The summed E-state index contributed by atoms with van der Waals surface area (Å²) in [5.41, 5.74) is 3.16. The number of rotatable bonds is 3. The van der Waals surface area contributed by atoms with Crippen molar-refractivity contribution in [2.45, 2.75) is 12.5 Å². The van der Waals surface area contributed by atoms with Gasteiger partial charge in [-0.3, -0.25) is 14.9 Å². The first-order chi connectivity index (χ1) is 15.1. The van der Waals surface area contributed by atoms with Crippen LogP contribution in [0.2, 0.25) is 0 Å². The lowest BCUT2D eigenvalue weighted by Crippen LogP contribution is -2.62. The number of anilines is 2. The number of carbonyl (C=O) groups excluding carboxylic acids is 1. The van der Waals surface area contributed by atoms with Crippen LogP contribution in [0.15, 0.2) is 48.5 Å². The van der Waals surface area contributed by atoms with E-state index in [1.807, 2.05) is 29.2 Å². The number of hydrogen-bond donors (Lipinski definition) is 0. The van der Waals surface area contributed by atoms with Gasteiger partial charge in [-0.05, 0) is 30.2 Å². The number of hydrogen-bond acceptors (Lipinski definition) is 6. The van der Waals surface area contributed by atoms with Crippen molar-refractivity contribution in [3.05, 3.63) is 64.2 Å². The standard InChI is InChI=1S/C23H26N4O4/c28-23(24-10-12-31-13-11-24)20-15-17-14-19(27(29)30)6-7-21(17)26-9-8-25(16-22(20)26)18-4-2-1-3-5-18/h1-7,14,20,22H,8-13,15-16H2/t20-,22-/m1/s1. The normalized spacial score (nSPS) is 23.2. The SMILES string of the molecule is O=C([C@@H]1Cc2cc([N+](=O)[O-])ccc2N2CCN(c3ccccc3)C[C@H]12)N1CCOCC1. The van der Waals surface area contributed by atoms with Crippen LogP contribution < -0.4 is 9.80 Å². The Morgan fingerprint density at radius 1 is 1.03 bits per heavy atom. The highest BCUT2D eigenvalue weighted by Gasteiger charge is 2.43. The first kappa shape index (κ1) is 19.8. The number of carbonyl (C=O) groups is 1. The van der Waals surface area contributed by atoms with Gasteiger partial charge in [0.15, 0.2) is 0 Å². The van der Waals surface area contributed by atoms with Crippen LogP contribution >= 0.6 is 0 Å². The Kier molecular flexibility index (Phi) is 5.23. The van der Waals surface area contributed by atoms with Crippen molar-refractivity contribution in [3.8, 4) is 0 Å². The Morgan fingerprint density at radius 2 is 1.81 bits per heavy atom. The molecule has 3 heterocycles. The van der Waals surface area contributed by atoms with Crippen LogP contribution in [0.3, 0.4) is 0 Å². The van der Waals surface area contributed by atoms with Gasteiger partial charge < -0.3 is 19.4 Å². The summed E-state index contributed by atoms with van der Waals surface area (Å²) in [6.07, 6.45) is 0.525. The third kappa shape index (κ3) is 3.72. The molecule has 2 aromatic carbocycles. The van der Waals surface area contributed by atoms with Gasteiger partial charge in [-0.1, -0.05) is 18.2 Å². The minimum Gasteiger partial charge on any atom is -0.378 e. The first-order valence-electron chi connectivity index (χ1n) is 10.8. The van der Waals surface area contributed by atoms with Crippen LogP contribution in [-0.4, -0.2) is 67.7 Å². The Morgan fingerprint density at radius 3 is 2.55 bits per heavy atom. The van der Waals surface area contributed by atoms with Crippen molar-refractivity contribution >= 4 is 23.0 Å². The lowest BCUT2D eigenvalue weighted by Gasteiger charge is -2.50. The van der Waals surface area contributed by atoms with Crippen molar-refractivity contribution < 1.29 is 14.5 Å². The molecule has 8 nitrogen and oxygen atoms in total. The fourth-order valence-corrected chi connectivity index (χ4v) is 5.10. The lowest BCUT2D eigenvalue weighted by atomic mass is 9.82. The molecule has 3 aliphatic heterocycles. The zero-order valence-corrected chi connectivity index (χ0v) is 17.4. The molecule has 0 bridgehead atoms. The summed E-state index contributed by atoms with van der Waals surface area (Å²) in [5, 5.41) is 11.3. The molecule has 0 aromatic heterocycles. The summed E-state index contributed by atoms with van der Waals surface area (Å²) in [6, 6.07) is 15.4. The minimum absolute atomic E-state index is 0.0262. The van der Waals surface area contributed by atoms with E-state index in [1.165, 1.54) is 0 Å². The van der Waals surface area contributed by atoms with Gasteiger partial charge in [0.25, 0.3) is 5.69 Å². The van der Waals surface area contributed by atoms with Gasteiger partial charge >= 0.3 is 0 Å². The van der Waals surface area contributed by atoms with E-state index < -0.39 is 0 Å². The molecule has 5 rings (SSSR count). The van der Waals surface area contributed by atoms with E-state index in [2.05, 4.69) is 21.9 Å².